The predicted octanol–water partition coefficient (Wildman–Crippen LogP) is 3.94. The van der Waals surface area contributed by atoms with Crippen molar-refractivity contribution in [2.45, 2.75) is 19.0 Å². The van der Waals surface area contributed by atoms with Crippen LogP contribution >= 0.6 is 12.2 Å². The summed E-state index contributed by atoms with van der Waals surface area (Å²) in [5.41, 5.74) is 2.79. The number of para-hydroxylation sites is 1. The number of hydrogen-bond acceptors (Lipinski definition) is 2. The fourth-order valence-corrected chi connectivity index (χ4v) is 2.93. The van der Waals surface area contributed by atoms with Gasteiger partial charge in [0.15, 0.2) is 5.11 Å². The summed E-state index contributed by atoms with van der Waals surface area (Å²) < 4.78 is 38.7. The summed E-state index contributed by atoms with van der Waals surface area (Å²) in [6, 6.07) is 5.21. The Balaban J connectivity index is 1.63. The van der Waals surface area contributed by atoms with Gasteiger partial charge in [0, 0.05) is 11.6 Å². The first kappa shape index (κ1) is 15.0. The first-order chi connectivity index (χ1) is 10.4. The monoisotopic (exact) mass is 325 g/mol. The van der Waals surface area contributed by atoms with Gasteiger partial charge in [-0.2, -0.15) is 18.3 Å². The van der Waals surface area contributed by atoms with Crippen molar-refractivity contribution in [2.75, 3.05) is 5.32 Å². The minimum Gasteiger partial charge on any atom is -0.331 e. The number of allylic oxidation sites excluding steroid dienone is 2. The molecule has 0 amide bonds. The number of anilines is 1. The lowest BCUT2D eigenvalue weighted by molar-refractivity contribution is -0.136. The van der Waals surface area contributed by atoms with Gasteiger partial charge in [-0.05, 0) is 43.1 Å². The van der Waals surface area contributed by atoms with E-state index >= 15 is 0 Å². The van der Waals surface area contributed by atoms with Gasteiger partial charge in [0.2, 0.25) is 0 Å². The highest BCUT2D eigenvalue weighted by Gasteiger charge is 2.38. The third-order valence-corrected chi connectivity index (χ3v) is 4.12. The lowest BCUT2D eigenvalue weighted by Gasteiger charge is -2.31. The summed E-state index contributed by atoms with van der Waals surface area (Å²) in [4.78, 5) is 0. The molecular weight excluding hydrogens is 311 g/mol. The Hall–Kier alpha value is -1.89. The summed E-state index contributed by atoms with van der Waals surface area (Å²) in [5, 5.41) is 6.80. The fourth-order valence-electron chi connectivity index (χ4n) is 2.77. The Kier molecular flexibility index (Phi) is 3.90. The molecule has 0 aliphatic heterocycles. The minimum absolute atomic E-state index is 0.0506. The quantitative estimate of drug-likeness (QED) is 0.491. The Morgan fingerprint density at radius 1 is 1.27 bits per heavy atom. The number of thiocarbonyl (C=S) groups is 1. The van der Waals surface area contributed by atoms with E-state index in [1.165, 1.54) is 18.2 Å². The first-order valence-corrected chi connectivity index (χ1v) is 7.32. The number of rotatable bonds is 2. The molecule has 22 heavy (non-hydrogen) atoms. The van der Waals surface area contributed by atoms with Crippen LogP contribution in [0.3, 0.4) is 0 Å². The second-order valence-electron chi connectivity index (χ2n) is 5.37. The zero-order valence-electron chi connectivity index (χ0n) is 11.5. The molecule has 0 bridgehead atoms. The Bertz CT molecular complexity index is 652. The maximum atomic E-state index is 12.9. The van der Waals surface area contributed by atoms with Crippen LogP contribution in [-0.4, -0.2) is 10.8 Å². The highest BCUT2D eigenvalue weighted by molar-refractivity contribution is 7.80. The van der Waals surface area contributed by atoms with Crippen molar-refractivity contribution < 1.29 is 13.2 Å². The van der Waals surface area contributed by atoms with Crippen molar-refractivity contribution in [3.05, 3.63) is 42.0 Å². The van der Waals surface area contributed by atoms with Gasteiger partial charge < -0.3 is 5.32 Å². The zero-order chi connectivity index (χ0) is 15.7. The van der Waals surface area contributed by atoms with Crippen LogP contribution in [0.1, 0.15) is 18.4 Å². The molecular formula is C15H14F3N3S. The number of benzene rings is 1. The smallest absolute Gasteiger partial charge is 0.331 e. The molecule has 2 aliphatic rings. The number of hydrogen-bond donors (Lipinski definition) is 2. The van der Waals surface area contributed by atoms with Gasteiger partial charge in [-0.15, -0.1) is 0 Å². The first-order valence-electron chi connectivity index (χ1n) is 6.91. The molecule has 2 atom stereocenters. The molecule has 0 heterocycles. The molecule has 1 fully saturated rings. The fraction of sp³-hybridized carbons (Fsp3) is 0.333. The summed E-state index contributed by atoms with van der Waals surface area (Å²) in [7, 11) is 0. The van der Waals surface area contributed by atoms with E-state index in [-0.39, 0.29) is 10.8 Å². The van der Waals surface area contributed by atoms with E-state index < -0.39 is 11.7 Å². The summed E-state index contributed by atoms with van der Waals surface area (Å²) in [6.07, 6.45) is 1.80. The van der Waals surface area contributed by atoms with Crippen molar-refractivity contribution in [2.24, 2.45) is 16.9 Å². The molecule has 3 rings (SSSR count). The lowest BCUT2D eigenvalue weighted by atomic mass is 9.74. The van der Waals surface area contributed by atoms with Crippen molar-refractivity contribution >= 4 is 28.7 Å². The molecule has 116 valence electrons. The third-order valence-electron chi connectivity index (χ3n) is 3.93. The molecule has 0 aromatic heterocycles. The van der Waals surface area contributed by atoms with Crippen LogP contribution in [0.25, 0.3) is 0 Å². The molecule has 2 aliphatic carbocycles. The molecule has 3 nitrogen and oxygen atoms in total. The zero-order valence-corrected chi connectivity index (χ0v) is 12.3. The van der Waals surface area contributed by atoms with E-state index in [0.717, 1.165) is 24.6 Å². The average Bonchev–Trinajstić information content (AvgIpc) is 2.80. The van der Waals surface area contributed by atoms with Gasteiger partial charge in [0.05, 0.1) is 11.3 Å². The second-order valence-corrected chi connectivity index (χ2v) is 5.77. The predicted molar refractivity (Wildman–Crippen MR) is 83.6 cm³/mol. The van der Waals surface area contributed by atoms with Crippen molar-refractivity contribution in [1.29, 1.82) is 0 Å². The van der Waals surface area contributed by atoms with Gasteiger partial charge in [-0.1, -0.05) is 24.3 Å². The number of nitrogens with zero attached hydrogens (tertiary/aromatic N) is 1. The van der Waals surface area contributed by atoms with E-state index in [0.29, 0.717) is 11.8 Å². The summed E-state index contributed by atoms with van der Waals surface area (Å²) in [6.45, 7) is 0. The van der Waals surface area contributed by atoms with Crippen molar-refractivity contribution in [1.82, 2.24) is 5.43 Å². The summed E-state index contributed by atoms with van der Waals surface area (Å²) in [5.74, 6) is 0.991. The number of hydrazone groups is 1. The lowest BCUT2D eigenvalue weighted by Crippen LogP contribution is -2.36. The Morgan fingerprint density at radius 3 is 2.77 bits per heavy atom. The summed E-state index contributed by atoms with van der Waals surface area (Å²) >= 11 is 5.01. The van der Waals surface area contributed by atoms with Gasteiger partial charge >= 0.3 is 6.18 Å². The molecule has 1 aromatic carbocycles. The van der Waals surface area contributed by atoms with Gasteiger partial charge in [-0.3, -0.25) is 5.43 Å². The molecule has 1 aromatic rings. The molecule has 1 saturated carbocycles. The molecule has 2 N–H and O–H groups in total. The van der Waals surface area contributed by atoms with Crippen LogP contribution in [-0.2, 0) is 6.18 Å². The number of halogens is 3. The van der Waals surface area contributed by atoms with Crippen LogP contribution in [0.15, 0.2) is 41.5 Å². The van der Waals surface area contributed by atoms with Crippen LogP contribution < -0.4 is 10.7 Å². The van der Waals surface area contributed by atoms with E-state index in [1.54, 1.807) is 0 Å². The highest BCUT2D eigenvalue weighted by Crippen LogP contribution is 2.40. The number of alkyl halides is 3. The normalized spacial score (nSPS) is 24.8. The molecule has 0 radical (unpaired) electrons. The van der Waals surface area contributed by atoms with Crippen LogP contribution in [0.4, 0.5) is 18.9 Å². The maximum Gasteiger partial charge on any atom is 0.418 e. The topological polar surface area (TPSA) is 36.4 Å². The van der Waals surface area contributed by atoms with Crippen LogP contribution in [0, 0.1) is 11.8 Å². The van der Waals surface area contributed by atoms with E-state index in [1.807, 2.05) is 0 Å². The minimum atomic E-state index is -4.43. The highest BCUT2D eigenvalue weighted by atomic mass is 32.1. The Labute approximate surface area is 131 Å². The molecule has 0 spiro atoms. The van der Waals surface area contributed by atoms with Gasteiger partial charge in [0.25, 0.3) is 0 Å². The SMILES string of the molecule is FC(F)(F)c1ccccc1NC(=S)N/N=C1/CC2CC=CC12. The standard InChI is InChI=1S/C15H14F3N3S/c16-15(17,18)11-6-1-2-7-12(11)19-14(22)21-20-13-8-9-4-3-5-10(9)13/h1-3,5-7,9-10H,4,8H2,(H2,19,21,22)/b20-13-. The van der Waals surface area contributed by atoms with E-state index in [2.05, 4.69) is 28.0 Å². The van der Waals surface area contributed by atoms with Crippen LogP contribution in [0.5, 0.6) is 0 Å². The largest absolute Gasteiger partial charge is 0.418 e. The van der Waals surface area contributed by atoms with E-state index in [4.69, 9.17) is 12.2 Å². The number of nitrogens with one attached hydrogen (secondary N) is 2. The maximum absolute atomic E-state index is 12.9. The number of fused-ring (bicyclic) bond motifs is 1. The van der Waals surface area contributed by atoms with Crippen molar-refractivity contribution in [3.63, 3.8) is 0 Å². The van der Waals surface area contributed by atoms with Crippen LogP contribution in [0.2, 0.25) is 0 Å². The molecule has 0 saturated heterocycles. The van der Waals surface area contributed by atoms with E-state index in [9.17, 15) is 13.2 Å². The third kappa shape index (κ3) is 2.99. The van der Waals surface area contributed by atoms with Gasteiger partial charge in [-0.25, -0.2) is 0 Å². The molecule has 2 unspecified atom stereocenters. The second kappa shape index (κ2) is 5.72. The molecule has 7 heteroatoms. The van der Waals surface area contributed by atoms with Gasteiger partial charge in [0.1, 0.15) is 0 Å². The van der Waals surface area contributed by atoms with Crippen molar-refractivity contribution in [3.8, 4) is 0 Å². The average molecular weight is 325 g/mol. The Morgan fingerprint density at radius 2 is 2.05 bits per heavy atom.